The van der Waals surface area contributed by atoms with E-state index in [1.807, 2.05) is 4.90 Å². The molecule has 25 heavy (non-hydrogen) atoms. The number of anilines is 1. The molecular weight excluding hydrogens is 326 g/mol. The smallest absolute Gasteiger partial charge is 0.269 e. The molecule has 130 valence electrons. The van der Waals surface area contributed by atoms with Crippen LogP contribution >= 0.6 is 0 Å². The average molecular weight is 343 g/mol. The van der Waals surface area contributed by atoms with Crippen molar-refractivity contribution in [2.24, 2.45) is 0 Å². The van der Waals surface area contributed by atoms with Crippen LogP contribution in [0.4, 0.5) is 11.4 Å². The predicted molar refractivity (Wildman–Crippen MR) is 91.0 cm³/mol. The number of carbonyl (C=O) groups excluding carboxylic acids is 1. The Morgan fingerprint density at radius 2 is 1.64 bits per heavy atom. The predicted octanol–water partition coefficient (Wildman–Crippen LogP) is 1.97. The lowest BCUT2D eigenvalue weighted by Crippen LogP contribution is -2.48. The van der Waals surface area contributed by atoms with Crippen molar-refractivity contribution >= 4 is 17.3 Å². The van der Waals surface area contributed by atoms with Crippen molar-refractivity contribution in [3.63, 3.8) is 0 Å². The Morgan fingerprint density at radius 3 is 2.20 bits per heavy atom. The second kappa shape index (κ2) is 6.68. The van der Waals surface area contributed by atoms with Crippen LogP contribution < -0.4 is 4.90 Å². The summed E-state index contributed by atoms with van der Waals surface area (Å²) in [6, 6.07) is 10.2. The van der Waals surface area contributed by atoms with Crippen molar-refractivity contribution in [3.8, 4) is 11.5 Å². The maximum Gasteiger partial charge on any atom is 0.269 e. The molecule has 2 aromatic carbocycles. The number of hydrogen-bond donors (Lipinski definition) is 2. The third kappa shape index (κ3) is 3.47. The Morgan fingerprint density at radius 1 is 1.00 bits per heavy atom. The Labute approximate surface area is 143 Å². The fraction of sp³-hybridized carbons (Fsp3) is 0.235. The number of piperazine rings is 1. The lowest BCUT2D eigenvalue weighted by molar-refractivity contribution is -0.384. The SMILES string of the molecule is O=C(c1ccc(O)cc1O)N1CCN(c2ccc([N+](=O)[O-])cc2)CC1. The van der Waals surface area contributed by atoms with Gasteiger partial charge in [0.1, 0.15) is 11.5 Å². The number of nitro groups is 1. The van der Waals surface area contributed by atoms with E-state index in [0.717, 1.165) is 11.8 Å². The van der Waals surface area contributed by atoms with E-state index in [1.54, 1.807) is 17.0 Å². The Balaban J connectivity index is 1.65. The second-order valence-corrected chi connectivity index (χ2v) is 5.75. The van der Waals surface area contributed by atoms with E-state index in [1.165, 1.54) is 24.3 Å². The molecule has 0 unspecified atom stereocenters. The normalized spacial score (nSPS) is 14.4. The maximum atomic E-state index is 12.5. The number of hydrogen-bond acceptors (Lipinski definition) is 6. The topological polar surface area (TPSA) is 107 Å². The van der Waals surface area contributed by atoms with Crippen LogP contribution in [-0.2, 0) is 0 Å². The molecule has 2 N–H and O–H groups in total. The first kappa shape index (κ1) is 16.6. The van der Waals surface area contributed by atoms with Gasteiger partial charge in [-0.1, -0.05) is 0 Å². The first-order valence-electron chi connectivity index (χ1n) is 7.76. The summed E-state index contributed by atoms with van der Waals surface area (Å²) in [5.74, 6) is -0.638. The second-order valence-electron chi connectivity index (χ2n) is 5.75. The molecule has 0 bridgehead atoms. The molecule has 0 atom stereocenters. The van der Waals surface area contributed by atoms with Crippen LogP contribution in [0.15, 0.2) is 42.5 Å². The molecular formula is C17H17N3O5. The van der Waals surface area contributed by atoms with Crippen molar-refractivity contribution in [1.29, 1.82) is 0 Å². The van der Waals surface area contributed by atoms with Crippen LogP contribution in [0.5, 0.6) is 11.5 Å². The zero-order valence-electron chi connectivity index (χ0n) is 13.3. The number of nitrogens with zero attached hydrogens (tertiary/aromatic N) is 3. The number of nitro benzene ring substituents is 1. The number of phenolic OH excluding ortho intramolecular Hbond substituents is 2. The van der Waals surface area contributed by atoms with Crippen LogP contribution in [0.3, 0.4) is 0 Å². The number of benzene rings is 2. The molecule has 3 rings (SSSR count). The molecule has 8 nitrogen and oxygen atoms in total. The van der Waals surface area contributed by atoms with Crippen molar-refractivity contribution in [2.75, 3.05) is 31.1 Å². The standard InChI is InChI=1S/C17H17N3O5/c21-14-5-6-15(16(22)11-14)17(23)19-9-7-18(8-10-19)12-1-3-13(4-2-12)20(24)25/h1-6,11,21-22H,7-10H2. The minimum absolute atomic E-state index is 0.0420. The fourth-order valence-corrected chi connectivity index (χ4v) is 2.82. The zero-order valence-corrected chi connectivity index (χ0v) is 13.3. The summed E-state index contributed by atoms with van der Waals surface area (Å²) in [6.07, 6.45) is 0. The van der Waals surface area contributed by atoms with Gasteiger partial charge in [0, 0.05) is 50.1 Å². The molecule has 2 aromatic rings. The van der Waals surface area contributed by atoms with Crippen LogP contribution in [0.2, 0.25) is 0 Å². The summed E-state index contributed by atoms with van der Waals surface area (Å²) in [5.41, 5.74) is 1.06. The van der Waals surface area contributed by atoms with E-state index in [9.17, 15) is 25.1 Å². The van der Waals surface area contributed by atoms with Gasteiger partial charge in [0.2, 0.25) is 0 Å². The van der Waals surface area contributed by atoms with Gasteiger partial charge >= 0.3 is 0 Å². The summed E-state index contributed by atoms with van der Waals surface area (Å²) in [7, 11) is 0. The molecule has 0 radical (unpaired) electrons. The van der Waals surface area contributed by atoms with Gasteiger partial charge in [0.15, 0.2) is 0 Å². The monoisotopic (exact) mass is 343 g/mol. The Bertz CT molecular complexity index is 798. The maximum absolute atomic E-state index is 12.5. The first-order chi connectivity index (χ1) is 12.0. The van der Waals surface area contributed by atoms with Gasteiger partial charge in [-0.15, -0.1) is 0 Å². The van der Waals surface area contributed by atoms with Crippen LogP contribution in [0.1, 0.15) is 10.4 Å². The lowest BCUT2D eigenvalue weighted by Gasteiger charge is -2.36. The molecule has 1 amide bonds. The van der Waals surface area contributed by atoms with E-state index in [2.05, 4.69) is 0 Å². The summed E-state index contributed by atoms with van der Waals surface area (Å²) >= 11 is 0. The Kier molecular flexibility index (Phi) is 4.42. The molecule has 1 fully saturated rings. The third-order valence-corrected chi connectivity index (χ3v) is 4.20. The fourth-order valence-electron chi connectivity index (χ4n) is 2.82. The molecule has 1 heterocycles. The lowest BCUT2D eigenvalue weighted by atomic mass is 10.1. The van der Waals surface area contributed by atoms with E-state index >= 15 is 0 Å². The molecule has 0 saturated carbocycles. The highest BCUT2D eigenvalue weighted by Gasteiger charge is 2.24. The van der Waals surface area contributed by atoms with Crippen molar-refractivity contribution in [2.45, 2.75) is 0 Å². The molecule has 0 aromatic heterocycles. The van der Waals surface area contributed by atoms with Crippen molar-refractivity contribution in [1.82, 2.24) is 4.90 Å². The quantitative estimate of drug-likeness (QED) is 0.652. The van der Waals surface area contributed by atoms with E-state index in [4.69, 9.17) is 0 Å². The average Bonchev–Trinajstić information content (AvgIpc) is 2.61. The van der Waals surface area contributed by atoms with Gasteiger partial charge < -0.3 is 20.0 Å². The molecule has 8 heteroatoms. The number of amides is 1. The van der Waals surface area contributed by atoms with Crippen LogP contribution in [-0.4, -0.2) is 52.1 Å². The molecule has 1 aliphatic heterocycles. The van der Waals surface area contributed by atoms with E-state index in [-0.39, 0.29) is 28.7 Å². The van der Waals surface area contributed by atoms with Gasteiger partial charge in [-0.3, -0.25) is 14.9 Å². The number of aromatic hydroxyl groups is 2. The molecule has 1 aliphatic rings. The summed E-state index contributed by atoms with van der Waals surface area (Å²) in [5, 5.41) is 29.8. The number of rotatable bonds is 3. The van der Waals surface area contributed by atoms with Gasteiger partial charge in [-0.25, -0.2) is 0 Å². The number of phenols is 2. The first-order valence-corrected chi connectivity index (χ1v) is 7.76. The summed E-state index contributed by atoms with van der Waals surface area (Å²) in [4.78, 5) is 26.4. The minimum Gasteiger partial charge on any atom is -0.508 e. The van der Waals surface area contributed by atoms with Gasteiger partial charge in [-0.2, -0.15) is 0 Å². The number of carbonyl (C=O) groups is 1. The molecule has 1 saturated heterocycles. The molecule has 0 spiro atoms. The number of non-ortho nitro benzene ring substituents is 1. The third-order valence-electron chi connectivity index (χ3n) is 4.20. The Hall–Kier alpha value is -3.29. The highest BCUT2D eigenvalue weighted by atomic mass is 16.6. The van der Waals surface area contributed by atoms with E-state index < -0.39 is 4.92 Å². The highest BCUT2D eigenvalue weighted by Crippen LogP contribution is 2.25. The molecule has 0 aliphatic carbocycles. The summed E-state index contributed by atoms with van der Waals surface area (Å²) in [6.45, 7) is 2.11. The minimum atomic E-state index is -0.440. The zero-order chi connectivity index (χ0) is 18.0. The van der Waals surface area contributed by atoms with Crippen molar-refractivity contribution < 1.29 is 19.9 Å². The largest absolute Gasteiger partial charge is 0.508 e. The van der Waals surface area contributed by atoms with Gasteiger partial charge in [-0.05, 0) is 24.3 Å². The van der Waals surface area contributed by atoms with Gasteiger partial charge in [0.25, 0.3) is 11.6 Å². The van der Waals surface area contributed by atoms with Gasteiger partial charge in [0.05, 0.1) is 10.5 Å². The van der Waals surface area contributed by atoms with Crippen LogP contribution in [0.25, 0.3) is 0 Å². The van der Waals surface area contributed by atoms with Crippen molar-refractivity contribution in [3.05, 3.63) is 58.1 Å². The summed E-state index contributed by atoms with van der Waals surface area (Å²) < 4.78 is 0. The van der Waals surface area contributed by atoms with E-state index in [0.29, 0.717) is 26.2 Å². The van der Waals surface area contributed by atoms with Crippen LogP contribution in [0, 0.1) is 10.1 Å². The highest BCUT2D eigenvalue weighted by molar-refractivity contribution is 5.97.